The minimum absolute atomic E-state index is 0.173. The standard InChI is InChI=1S/C11H19NO3S/c1-11(2,16(4,13)14)10(12-3)8-9-6-5-7-15-9/h5-7,10,12H,8H2,1-4H3. The van der Waals surface area contributed by atoms with E-state index in [0.717, 1.165) is 5.76 Å². The van der Waals surface area contributed by atoms with E-state index >= 15 is 0 Å². The second-order valence-electron chi connectivity index (χ2n) is 4.50. The molecule has 0 saturated heterocycles. The van der Waals surface area contributed by atoms with Crippen LogP contribution in [0.5, 0.6) is 0 Å². The first-order chi connectivity index (χ1) is 7.29. The topological polar surface area (TPSA) is 59.3 Å². The Morgan fingerprint density at radius 2 is 2.12 bits per heavy atom. The number of hydrogen-bond acceptors (Lipinski definition) is 4. The van der Waals surface area contributed by atoms with Crippen LogP contribution in [0, 0.1) is 0 Å². The van der Waals surface area contributed by atoms with Crippen LogP contribution in [0.1, 0.15) is 19.6 Å². The zero-order valence-electron chi connectivity index (χ0n) is 10.1. The first kappa shape index (κ1) is 13.3. The minimum atomic E-state index is -3.12. The van der Waals surface area contributed by atoms with Crippen molar-refractivity contribution >= 4 is 9.84 Å². The van der Waals surface area contributed by atoms with Crippen molar-refractivity contribution in [1.29, 1.82) is 0 Å². The predicted octanol–water partition coefficient (Wildman–Crippen LogP) is 1.23. The summed E-state index contributed by atoms with van der Waals surface area (Å²) in [6, 6.07) is 3.48. The number of rotatable bonds is 5. The Morgan fingerprint density at radius 1 is 1.50 bits per heavy atom. The summed E-state index contributed by atoms with van der Waals surface area (Å²) in [5.41, 5.74) is 0. The normalized spacial score (nSPS) is 15.0. The zero-order chi connectivity index (χ0) is 12.4. The van der Waals surface area contributed by atoms with E-state index in [1.54, 1.807) is 33.2 Å². The SMILES string of the molecule is CNC(Cc1ccco1)C(C)(C)S(C)(=O)=O. The number of hydrogen-bond donors (Lipinski definition) is 1. The van der Waals surface area contributed by atoms with Crippen LogP contribution in [-0.2, 0) is 16.3 Å². The molecule has 0 aliphatic carbocycles. The molecule has 1 aromatic heterocycles. The van der Waals surface area contributed by atoms with E-state index in [0.29, 0.717) is 6.42 Å². The summed E-state index contributed by atoms with van der Waals surface area (Å²) < 4.78 is 27.8. The van der Waals surface area contributed by atoms with E-state index in [1.165, 1.54) is 6.26 Å². The van der Waals surface area contributed by atoms with Gasteiger partial charge in [-0.2, -0.15) is 0 Å². The third-order valence-electron chi connectivity index (χ3n) is 3.13. The largest absolute Gasteiger partial charge is 0.469 e. The summed E-state index contributed by atoms with van der Waals surface area (Å²) in [5, 5.41) is 3.05. The Labute approximate surface area is 97.0 Å². The fourth-order valence-electron chi connectivity index (χ4n) is 1.58. The first-order valence-electron chi connectivity index (χ1n) is 5.18. The van der Waals surface area contributed by atoms with Crippen LogP contribution in [-0.4, -0.2) is 32.5 Å². The van der Waals surface area contributed by atoms with Crippen LogP contribution < -0.4 is 5.32 Å². The maximum Gasteiger partial charge on any atom is 0.154 e. The van der Waals surface area contributed by atoms with Gasteiger partial charge in [0.15, 0.2) is 9.84 Å². The van der Waals surface area contributed by atoms with Crippen LogP contribution in [0.15, 0.2) is 22.8 Å². The molecule has 92 valence electrons. The highest BCUT2D eigenvalue weighted by atomic mass is 32.2. The van der Waals surface area contributed by atoms with Gasteiger partial charge in [-0.3, -0.25) is 0 Å². The third kappa shape index (κ3) is 2.65. The lowest BCUT2D eigenvalue weighted by Crippen LogP contribution is -2.51. The van der Waals surface area contributed by atoms with Gasteiger partial charge in [-0.25, -0.2) is 8.42 Å². The van der Waals surface area contributed by atoms with Crippen molar-refractivity contribution in [3.63, 3.8) is 0 Å². The van der Waals surface area contributed by atoms with E-state index in [9.17, 15) is 8.42 Å². The molecule has 0 bridgehead atoms. The van der Waals surface area contributed by atoms with Gasteiger partial charge in [-0.1, -0.05) is 0 Å². The third-order valence-corrected chi connectivity index (χ3v) is 5.32. The van der Waals surface area contributed by atoms with Crippen molar-refractivity contribution in [2.75, 3.05) is 13.3 Å². The lowest BCUT2D eigenvalue weighted by Gasteiger charge is -2.31. The summed E-state index contributed by atoms with van der Waals surface area (Å²) in [4.78, 5) is 0. The predicted molar refractivity (Wildman–Crippen MR) is 64.2 cm³/mol. The van der Waals surface area contributed by atoms with Gasteiger partial charge in [-0.15, -0.1) is 0 Å². The Bertz CT molecular complexity index is 420. The quantitative estimate of drug-likeness (QED) is 0.847. The number of nitrogens with one attached hydrogen (secondary N) is 1. The first-order valence-corrected chi connectivity index (χ1v) is 7.07. The van der Waals surface area contributed by atoms with Crippen molar-refractivity contribution in [2.24, 2.45) is 0 Å². The van der Waals surface area contributed by atoms with Crippen LogP contribution in [0.4, 0.5) is 0 Å². The van der Waals surface area contributed by atoms with Crippen LogP contribution >= 0.6 is 0 Å². The van der Waals surface area contributed by atoms with Crippen molar-refractivity contribution in [3.8, 4) is 0 Å². The van der Waals surface area contributed by atoms with Crippen LogP contribution in [0.3, 0.4) is 0 Å². The summed E-state index contributed by atoms with van der Waals surface area (Å²) in [7, 11) is -1.36. The summed E-state index contributed by atoms with van der Waals surface area (Å²) in [5.74, 6) is 0.788. The van der Waals surface area contributed by atoms with Crippen molar-refractivity contribution in [1.82, 2.24) is 5.32 Å². The zero-order valence-corrected chi connectivity index (χ0v) is 11.0. The van der Waals surface area contributed by atoms with Crippen LogP contribution in [0.2, 0.25) is 0 Å². The van der Waals surface area contributed by atoms with Gasteiger partial charge in [0.2, 0.25) is 0 Å². The number of furan rings is 1. The highest BCUT2D eigenvalue weighted by Gasteiger charge is 2.38. The molecule has 0 fully saturated rings. The van der Waals surface area contributed by atoms with Gasteiger partial charge in [0, 0.05) is 18.7 Å². The Kier molecular flexibility index (Phi) is 3.80. The number of likely N-dealkylation sites (N-methyl/N-ethyl adjacent to an activating group) is 1. The average molecular weight is 245 g/mol. The molecule has 0 amide bonds. The van der Waals surface area contributed by atoms with Crippen molar-refractivity contribution in [2.45, 2.75) is 31.1 Å². The molecule has 4 nitrogen and oxygen atoms in total. The van der Waals surface area contributed by atoms with Gasteiger partial charge < -0.3 is 9.73 Å². The van der Waals surface area contributed by atoms with E-state index < -0.39 is 14.6 Å². The van der Waals surface area contributed by atoms with E-state index in [4.69, 9.17) is 4.42 Å². The van der Waals surface area contributed by atoms with Gasteiger partial charge in [0.25, 0.3) is 0 Å². The smallest absolute Gasteiger partial charge is 0.154 e. The van der Waals surface area contributed by atoms with Gasteiger partial charge in [0.05, 0.1) is 11.0 Å². The second kappa shape index (κ2) is 4.59. The molecule has 1 heterocycles. The van der Waals surface area contributed by atoms with Crippen molar-refractivity contribution < 1.29 is 12.8 Å². The summed E-state index contributed by atoms with van der Waals surface area (Å²) in [6.45, 7) is 3.46. The molecule has 0 radical (unpaired) electrons. The second-order valence-corrected chi connectivity index (χ2v) is 7.10. The van der Waals surface area contributed by atoms with Gasteiger partial charge in [0.1, 0.15) is 5.76 Å². The molecule has 16 heavy (non-hydrogen) atoms. The highest BCUT2D eigenvalue weighted by Crippen LogP contribution is 2.23. The minimum Gasteiger partial charge on any atom is -0.469 e. The molecule has 1 rings (SSSR count). The molecule has 1 unspecified atom stereocenters. The van der Waals surface area contributed by atoms with E-state index in [1.807, 2.05) is 6.07 Å². The Morgan fingerprint density at radius 3 is 2.50 bits per heavy atom. The molecule has 0 spiro atoms. The fraction of sp³-hybridized carbons (Fsp3) is 0.636. The molecule has 0 saturated carbocycles. The van der Waals surface area contributed by atoms with Gasteiger partial charge in [-0.05, 0) is 33.0 Å². The molecule has 0 aliphatic rings. The monoisotopic (exact) mass is 245 g/mol. The molecule has 0 aromatic carbocycles. The molecular weight excluding hydrogens is 226 g/mol. The highest BCUT2D eigenvalue weighted by molar-refractivity contribution is 7.92. The van der Waals surface area contributed by atoms with Gasteiger partial charge >= 0.3 is 0 Å². The lowest BCUT2D eigenvalue weighted by molar-refractivity contribution is 0.395. The lowest BCUT2D eigenvalue weighted by atomic mass is 9.99. The summed E-state index contributed by atoms with van der Waals surface area (Å²) in [6.07, 6.45) is 3.42. The Balaban J connectivity index is 2.91. The van der Waals surface area contributed by atoms with E-state index in [-0.39, 0.29) is 6.04 Å². The molecule has 1 N–H and O–H groups in total. The Hall–Kier alpha value is -0.810. The maximum absolute atomic E-state index is 11.7. The summed E-state index contributed by atoms with van der Waals surface area (Å²) >= 11 is 0. The average Bonchev–Trinajstić information content (AvgIpc) is 2.64. The maximum atomic E-state index is 11.7. The fourth-order valence-corrected chi connectivity index (χ4v) is 2.30. The number of sulfone groups is 1. The molecule has 1 atom stereocenters. The molecule has 0 aliphatic heterocycles. The molecule has 5 heteroatoms. The van der Waals surface area contributed by atoms with Crippen LogP contribution in [0.25, 0.3) is 0 Å². The molecule has 1 aromatic rings. The van der Waals surface area contributed by atoms with Crippen molar-refractivity contribution in [3.05, 3.63) is 24.2 Å². The molecular formula is C11H19NO3S. The van der Waals surface area contributed by atoms with E-state index in [2.05, 4.69) is 5.32 Å².